The fourth-order valence-corrected chi connectivity index (χ4v) is 2.85. The number of anilines is 3. The van der Waals surface area contributed by atoms with Gasteiger partial charge in [-0.15, -0.1) is 0 Å². The lowest BCUT2D eigenvalue weighted by molar-refractivity contribution is -0.137. The molecule has 9 nitrogen and oxygen atoms in total. The van der Waals surface area contributed by atoms with Gasteiger partial charge in [-0.2, -0.15) is 18.2 Å². The highest BCUT2D eigenvalue weighted by atomic mass is 19.4. The maximum atomic E-state index is 14.3. The van der Waals surface area contributed by atoms with Crippen molar-refractivity contribution in [3.63, 3.8) is 0 Å². The van der Waals surface area contributed by atoms with Crippen molar-refractivity contribution in [2.75, 3.05) is 24.8 Å². The summed E-state index contributed by atoms with van der Waals surface area (Å²) in [5, 5.41) is 7.31. The van der Waals surface area contributed by atoms with Gasteiger partial charge in [0.15, 0.2) is 11.6 Å². The number of esters is 1. The quantitative estimate of drug-likeness (QED) is 0.320. The van der Waals surface area contributed by atoms with E-state index in [0.29, 0.717) is 12.1 Å². The van der Waals surface area contributed by atoms with Gasteiger partial charge in [0.1, 0.15) is 0 Å². The minimum atomic E-state index is -4.79. The lowest BCUT2D eigenvalue weighted by Gasteiger charge is -2.15. The molecule has 3 rings (SSSR count). The van der Waals surface area contributed by atoms with Crippen molar-refractivity contribution in [1.82, 2.24) is 15.3 Å². The van der Waals surface area contributed by atoms with Crippen LogP contribution in [0.3, 0.4) is 0 Å². The molecular formula is C22H17F4N5O4. The maximum absolute atomic E-state index is 14.3. The number of hydrogen-bond donors (Lipinski definition) is 3. The Kier molecular flexibility index (Phi) is 7.28. The third kappa shape index (κ3) is 6.07. The first kappa shape index (κ1) is 25.1. The number of allylic oxidation sites excluding steroid dienone is 4. The molecule has 0 bridgehead atoms. The van der Waals surface area contributed by atoms with E-state index in [4.69, 9.17) is 0 Å². The summed E-state index contributed by atoms with van der Waals surface area (Å²) in [6.45, 7) is 0. The molecule has 1 aromatic carbocycles. The van der Waals surface area contributed by atoms with Crippen LogP contribution in [0.1, 0.15) is 15.9 Å². The Morgan fingerprint density at radius 2 is 1.89 bits per heavy atom. The highest BCUT2D eigenvalue weighted by molar-refractivity contribution is 6.15. The second kappa shape index (κ2) is 10.2. The molecule has 13 heteroatoms. The lowest BCUT2D eigenvalue weighted by atomic mass is 10.0. The van der Waals surface area contributed by atoms with Crippen LogP contribution in [0.15, 0.2) is 60.0 Å². The van der Waals surface area contributed by atoms with Crippen LogP contribution in [0.25, 0.3) is 0 Å². The standard InChI is InChI=1S/C22H17F4N5O4/c1-27-17(32)8-11-4-3-5-16(18(11)33)30-21-28-10-15(23)19(31-21)29-14-7-12(20(34)35-2)6-13(9-14)22(24,25)26/h3-10H,1-2H3,(H,27,32)(H2,28,29,30,31). The molecule has 0 fully saturated rings. The normalized spacial score (nSPS) is 14.4. The van der Waals surface area contributed by atoms with E-state index in [1.165, 1.54) is 25.3 Å². The number of ether oxygens (including phenoxy) is 1. The zero-order valence-electron chi connectivity index (χ0n) is 18.2. The molecule has 1 aromatic heterocycles. The van der Waals surface area contributed by atoms with Crippen molar-refractivity contribution in [3.8, 4) is 0 Å². The Labute approximate surface area is 195 Å². The van der Waals surface area contributed by atoms with E-state index in [2.05, 4.69) is 30.7 Å². The number of carbonyl (C=O) groups excluding carboxylic acids is 3. The van der Waals surface area contributed by atoms with E-state index in [1.54, 1.807) is 0 Å². The number of nitrogens with zero attached hydrogens (tertiary/aromatic N) is 2. The molecular weight excluding hydrogens is 474 g/mol. The van der Waals surface area contributed by atoms with Gasteiger partial charge in [0.2, 0.25) is 17.6 Å². The fraction of sp³-hybridized carbons (Fsp3) is 0.136. The van der Waals surface area contributed by atoms with Gasteiger partial charge in [-0.05, 0) is 24.3 Å². The molecule has 0 saturated heterocycles. The molecule has 35 heavy (non-hydrogen) atoms. The van der Waals surface area contributed by atoms with Crippen LogP contribution in [0.4, 0.5) is 35.0 Å². The zero-order valence-corrected chi connectivity index (χ0v) is 18.2. The van der Waals surface area contributed by atoms with Gasteiger partial charge in [-0.1, -0.05) is 12.2 Å². The number of aromatic nitrogens is 2. The smallest absolute Gasteiger partial charge is 0.416 e. The molecule has 3 N–H and O–H groups in total. The summed E-state index contributed by atoms with van der Waals surface area (Å²) in [6, 6.07) is 2.29. The third-order valence-electron chi connectivity index (χ3n) is 4.51. The van der Waals surface area contributed by atoms with Crippen molar-refractivity contribution in [3.05, 3.63) is 76.9 Å². The molecule has 2 aromatic rings. The molecule has 182 valence electrons. The van der Waals surface area contributed by atoms with Crippen molar-refractivity contribution < 1.29 is 36.7 Å². The highest BCUT2D eigenvalue weighted by Crippen LogP contribution is 2.33. The predicted octanol–water partition coefficient (Wildman–Crippen LogP) is 3.27. The fourth-order valence-electron chi connectivity index (χ4n) is 2.85. The molecule has 1 amide bonds. The molecule has 1 heterocycles. The summed E-state index contributed by atoms with van der Waals surface area (Å²) in [4.78, 5) is 43.5. The number of alkyl halides is 3. The van der Waals surface area contributed by atoms with Crippen molar-refractivity contribution in [1.29, 1.82) is 0 Å². The summed E-state index contributed by atoms with van der Waals surface area (Å²) in [5.41, 5.74) is -1.86. The molecule has 1 aliphatic carbocycles. The van der Waals surface area contributed by atoms with Gasteiger partial charge in [0.05, 0.1) is 30.1 Å². The van der Waals surface area contributed by atoms with Crippen LogP contribution in [-0.4, -0.2) is 41.8 Å². The average Bonchev–Trinajstić information content (AvgIpc) is 2.82. The number of carbonyl (C=O) groups is 3. The number of amides is 1. The van der Waals surface area contributed by atoms with Crippen LogP contribution in [0, 0.1) is 5.82 Å². The summed E-state index contributed by atoms with van der Waals surface area (Å²) >= 11 is 0. The van der Waals surface area contributed by atoms with Crippen LogP contribution in [-0.2, 0) is 20.5 Å². The first-order chi connectivity index (χ1) is 16.5. The summed E-state index contributed by atoms with van der Waals surface area (Å²) in [7, 11) is 2.40. The Balaban J connectivity index is 1.90. The topological polar surface area (TPSA) is 122 Å². The van der Waals surface area contributed by atoms with E-state index in [9.17, 15) is 31.9 Å². The Hall–Kier alpha value is -4.55. The van der Waals surface area contributed by atoms with Gasteiger partial charge < -0.3 is 20.7 Å². The van der Waals surface area contributed by atoms with Gasteiger partial charge in [0.25, 0.3) is 0 Å². The summed E-state index contributed by atoms with van der Waals surface area (Å²) < 4.78 is 58.6. The van der Waals surface area contributed by atoms with E-state index < -0.39 is 46.6 Å². The monoisotopic (exact) mass is 491 g/mol. The number of nitrogens with one attached hydrogen (secondary N) is 3. The average molecular weight is 491 g/mol. The van der Waals surface area contributed by atoms with Crippen LogP contribution in [0.2, 0.25) is 0 Å². The Morgan fingerprint density at radius 3 is 2.54 bits per heavy atom. The summed E-state index contributed by atoms with van der Waals surface area (Å²) in [6.07, 6.45) is 1.29. The first-order valence-corrected chi connectivity index (χ1v) is 9.75. The lowest BCUT2D eigenvalue weighted by Crippen LogP contribution is -2.20. The minimum Gasteiger partial charge on any atom is -0.465 e. The summed E-state index contributed by atoms with van der Waals surface area (Å²) in [5.74, 6) is -3.91. The van der Waals surface area contributed by atoms with Gasteiger partial charge in [0, 0.05) is 24.4 Å². The predicted molar refractivity (Wildman–Crippen MR) is 116 cm³/mol. The highest BCUT2D eigenvalue weighted by Gasteiger charge is 2.32. The minimum absolute atomic E-state index is 0.0349. The zero-order chi connectivity index (χ0) is 25.8. The van der Waals surface area contributed by atoms with E-state index in [0.717, 1.165) is 25.4 Å². The second-order valence-electron chi connectivity index (χ2n) is 6.91. The van der Waals surface area contributed by atoms with Crippen molar-refractivity contribution >= 4 is 35.1 Å². The molecule has 0 aliphatic heterocycles. The van der Waals surface area contributed by atoms with Gasteiger partial charge in [-0.25, -0.2) is 14.2 Å². The Bertz CT molecular complexity index is 1290. The molecule has 1 aliphatic rings. The Morgan fingerprint density at radius 1 is 1.14 bits per heavy atom. The molecule has 0 unspecified atom stereocenters. The van der Waals surface area contributed by atoms with Crippen LogP contribution < -0.4 is 16.0 Å². The maximum Gasteiger partial charge on any atom is 0.416 e. The molecule has 0 spiro atoms. The number of halogens is 4. The molecule has 0 radical (unpaired) electrons. The van der Waals surface area contributed by atoms with E-state index >= 15 is 0 Å². The largest absolute Gasteiger partial charge is 0.465 e. The number of likely N-dealkylation sites (N-methyl/N-ethyl adjacent to an activating group) is 1. The van der Waals surface area contributed by atoms with Crippen LogP contribution >= 0.6 is 0 Å². The number of Topliss-reactive ketones (excluding diaryl/α,β-unsaturated/α-hetero) is 1. The van der Waals surface area contributed by atoms with E-state index in [1.807, 2.05) is 0 Å². The molecule has 0 saturated carbocycles. The SMILES string of the molecule is CNC(=O)C=C1C=CC=C(Nc2ncc(F)c(Nc3cc(C(=O)OC)cc(C(F)(F)F)c3)n2)C1=O. The first-order valence-electron chi connectivity index (χ1n) is 9.75. The van der Waals surface area contributed by atoms with Crippen molar-refractivity contribution in [2.24, 2.45) is 0 Å². The number of benzene rings is 1. The van der Waals surface area contributed by atoms with Crippen molar-refractivity contribution in [2.45, 2.75) is 6.18 Å². The van der Waals surface area contributed by atoms with E-state index in [-0.39, 0.29) is 22.9 Å². The van der Waals surface area contributed by atoms with Gasteiger partial charge >= 0.3 is 12.1 Å². The third-order valence-corrected chi connectivity index (χ3v) is 4.51. The molecule has 0 atom stereocenters. The number of ketones is 1. The second-order valence-corrected chi connectivity index (χ2v) is 6.91. The van der Waals surface area contributed by atoms with Gasteiger partial charge in [-0.3, -0.25) is 9.59 Å². The van der Waals surface area contributed by atoms with Crippen LogP contribution in [0.5, 0.6) is 0 Å². The number of hydrogen-bond acceptors (Lipinski definition) is 8. The number of rotatable bonds is 6. The number of methoxy groups -OCH3 is 1.